The maximum absolute atomic E-state index is 11.7. The van der Waals surface area contributed by atoms with Gasteiger partial charge in [-0.1, -0.05) is 6.42 Å². The van der Waals surface area contributed by atoms with Gasteiger partial charge in [-0.15, -0.1) is 0 Å². The number of ether oxygens (including phenoxy) is 1. The molecule has 0 aromatic heterocycles. The fourth-order valence-electron chi connectivity index (χ4n) is 2.41. The largest absolute Gasteiger partial charge is 0.465 e. The van der Waals surface area contributed by atoms with Crippen LogP contribution in [0.25, 0.3) is 0 Å². The molecule has 2 N–H and O–H groups in total. The highest BCUT2D eigenvalue weighted by molar-refractivity contribution is 5.80. The van der Waals surface area contributed by atoms with E-state index < -0.39 is 5.54 Å². The maximum Gasteiger partial charge on any atom is 0.325 e. The first kappa shape index (κ1) is 15.4. The van der Waals surface area contributed by atoms with E-state index in [1.165, 1.54) is 19.3 Å². The van der Waals surface area contributed by atoms with E-state index in [1.807, 2.05) is 0 Å². The molecule has 0 amide bonds. The normalized spacial score (nSPS) is 21.2. The van der Waals surface area contributed by atoms with Crippen molar-refractivity contribution >= 4 is 5.97 Å². The Balaban J connectivity index is 2.40. The van der Waals surface area contributed by atoms with Gasteiger partial charge in [0.05, 0.1) is 6.61 Å². The predicted molar refractivity (Wildman–Crippen MR) is 73.3 cm³/mol. The molecule has 0 spiro atoms. The minimum absolute atomic E-state index is 0.296. The SMILES string of the molecule is CCOC(=O)C(C)(N)CC(C)N(C)CC1CCC1. The highest BCUT2D eigenvalue weighted by Gasteiger charge is 2.33. The maximum atomic E-state index is 11.7. The second-order valence-corrected chi connectivity index (χ2v) is 5.93. The minimum atomic E-state index is -0.886. The lowest BCUT2D eigenvalue weighted by molar-refractivity contribution is -0.149. The number of carbonyl (C=O) groups excluding carboxylic acids is 1. The van der Waals surface area contributed by atoms with Gasteiger partial charge in [-0.3, -0.25) is 4.79 Å². The summed E-state index contributed by atoms with van der Waals surface area (Å²) in [5.74, 6) is 0.540. The Morgan fingerprint density at radius 1 is 1.56 bits per heavy atom. The molecule has 0 bridgehead atoms. The Morgan fingerprint density at radius 2 is 2.17 bits per heavy atom. The van der Waals surface area contributed by atoms with Gasteiger partial charge in [0.15, 0.2) is 0 Å². The van der Waals surface area contributed by atoms with Crippen molar-refractivity contribution in [3.05, 3.63) is 0 Å². The third kappa shape index (κ3) is 4.25. The number of esters is 1. The van der Waals surface area contributed by atoms with Crippen LogP contribution in [0.1, 0.15) is 46.5 Å². The molecule has 0 aromatic rings. The van der Waals surface area contributed by atoms with Crippen LogP contribution in [0.3, 0.4) is 0 Å². The van der Waals surface area contributed by atoms with E-state index in [1.54, 1.807) is 13.8 Å². The summed E-state index contributed by atoms with van der Waals surface area (Å²) >= 11 is 0. The van der Waals surface area contributed by atoms with E-state index >= 15 is 0 Å². The van der Waals surface area contributed by atoms with Crippen molar-refractivity contribution < 1.29 is 9.53 Å². The van der Waals surface area contributed by atoms with E-state index in [-0.39, 0.29) is 5.97 Å². The molecule has 1 fully saturated rings. The highest BCUT2D eigenvalue weighted by Crippen LogP contribution is 2.28. The summed E-state index contributed by atoms with van der Waals surface area (Å²) < 4.78 is 5.02. The number of nitrogens with two attached hydrogens (primary N) is 1. The van der Waals surface area contributed by atoms with Gasteiger partial charge in [0.2, 0.25) is 0 Å². The molecule has 1 aliphatic carbocycles. The predicted octanol–water partition coefficient (Wildman–Crippen LogP) is 1.78. The summed E-state index contributed by atoms with van der Waals surface area (Å²) in [6.45, 7) is 7.19. The Morgan fingerprint density at radius 3 is 2.61 bits per heavy atom. The van der Waals surface area contributed by atoms with Crippen molar-refractivity contribution in [3.8, 4) is 0 Å². The van der Waals surface area contributed by atoms with E-state index in [2.05, 4.69) is 18.9 Å². The Labute approximate surface area is 111 Å². The second-order valence-electron chi connectivity index (χ2n) is 5.93. The molecule has 1 saturated carbocycles. The molecule has 1 rings (SSSR count). The first-order valence-electron chi connectivity index (χ1n) is 7.03. The Bertz CT molecular complexity index is 275. The number of nitrogens with zero attached hydrogens (tertiary/aromatic N) is 1. The molecule has 0 saturated heterocycles. The van der Waals surface area contributed by atoms with Crippen molar-refractivity contribution in [3.63, 3.8) is 0 Å². The highest BCUT2D eigenvalue weighted by atomic mass is 16.5. The van der Waals surface area contributed by atoms with E-state index in [0.29, 0.717) is 19.1 Å². The molecule has 4 nitrogen and oxygen atoms in total. The molecule has 106 valence electrons. The smallest absolute Gasteiger partial charge is 0.325 e. The summed E-state index contributed by atoms with van der Waals surface area (Å²) in [7, 11) is 2.12. The van der Waals surface area contributed by atoms with Gasteiger partial charge in [0.25, 0.3) is 0 Å². The quantitative estimate of drug-likeness (QED) is 0.705. The van der Waals surface area contributed by atoms with Crippen LogP contribution in [0.2, 0.25) is 0 Å². The average Bonchev–Trinajstić information content (AvgIpc) is 2.22. The van der Waals surface area contributed by atoms with Gasteiger partial charge in [-0.25, -0.2) is 0 Å². The third-order valence-corrected chi connectivity index (χ3v) is 3.98. The van der Waals surface area contributed by atoms with Crippen molar-refractivity contribution in [2.24, 2.45) is 11.7 Å². The summed E-state index contributed by atoms with van der Waals surface area (Å²) in [6, 6.07) is 0.296. The zero-order valence-electron chi connectivity index (χ0n) is 12.2. The molecule has 1 aliphatic rings. The van der Waals surface area contributed by atoms with Crippen LogP contribution in [0.5, 0.6) is 0 Å². The Kier molecular flexibility index (Phi) is 5.60. The van der Waals surface area contributed by atoms with Crippen molar-refractivity contribution in [1.82, 2.24) is 4.90 Å². The van der Waals surface area contributed by atoms with E-state index in [0.717, 1.165) is 12.5 Å². The minimum Gasteiger partial charge on any atom is -0.465 e. The molecule has 0 heterocycles. The van der Waals surface area contributed by atoms with Crippen LogP contribution in [-0.4, -0.2) is 42.6 Å². The summed E-state index contributed by atoms with van der Waals surface area (Å²) in [6.07, 6.45) is 4.68. The monoisotopic (exact) mass is 256 g/mol. The topological polar surface area (TPSA) is 55.6 Å². The zero-order chi connectivity index (χ0) is 13.8. The van der Waals surface area contributed by atoms with Crippen LogP contribution in [-0.2, 0) is 9.53 Å². The summed E-state index contributed by atoms with van der Waals surface area (Å²) in [5, 5.41) is 0. The van der Waals surface area contributed by atoms with Gasteiger partial charge < -0.3 is 15.4 Å². The first-order chi connectivity index (χ1) is 8.36. The lowest BCUT2D eigenvalue weighted by Crippen LogP contribution is -2.51. The molecule has 2 unspecified atom stereocenters. The fraction of sp³-hybridized carbons (Fsp3) is 0.929. The number of hydrogen-bond acceptors (Lipinski definition) is 4. The van der Waals surface area contributed by atoms with Crippen molar-refractivity contribution in [2.75, 3.05) is 20.2 Å². The van der Waals surface area contributed by atoms with E-state index in [9.17, 15) is 4.79 Å². The van der Waals surface area contributed by atoms with Crippen LogP contribution in [0, 0.1) is 5.92 Å². The summed E-state index contributed by atoms with van der Waals surface area (Å²) in [4.78, 5) is 14.1. The standard InChI is InChI=1S/C14H28N2O2/c1-5-18-13(17)14(3,15)9-11(2)16(4)10-12-7-6-8-12/h11-12H,5-10,15H2,1-4H3. The molecule has 0 aliphatic heterocycles. The molecule has 0 aromatic carbocycles. The van der Waals surface area contributed by atoms with Gasteiger partial charge in [-0.05, 0) is 53.0 Å². The molecule has 2 atom stereocenters. The number of carbonyl (C=O) groups is 1. The zero-order valence-corrected chi connectivity index (χ0v) is 12.2. The summed E-state index contributed by atoms with van der Waals surface area (Å²) in [5.41, 5.74) is 5.18. The van der Waals surface area contributed by atoms with Crippen LogP contribution in [0.15, 0.2) is 0 Å². The molecular formula is C14H28N2O2. The number of rotatable bonds is 7. The van der Waals surface area contributed by atoms with Gasteiger partial charge in [-0.2, -0.15) is 0 Å². The molecule has 0 radical (unpaired) electrons. The first-order valence-corrected chi connectivity index (χ1v) is 7.03. The second kappa shape index (κ2) is 6.53. The van der Waals surface area contributed by atoms with Crippen LogP contribution < -0.4 is 5.73 Å². The van der Waals surface area contributed by atoms with Gasteiger partial charge in [0, 0.05) is 12.6 Å². The lowest BCUT2D eigenvalue weighted by Gasteiger charge is -2.36. The lowest BCUT2D eigenvalue weighted by atomic mass is 9.84. The third-order valence-electron chi connectivity index (χ3n) is 3.98. The van der Waals surface area contributed by atoms with Crippen molar-refractivity contribution in [1.29, 1.82) is 0 Å². The molecule has 18 heavy (non-hydrogen) atoms. The van der Waals surface area contributed by atoms with E-state index in [4.69, 9.17) is 10.5 Å². The molecular weight excluding hydrogens is 228 g/mol. The fourth-order valence-corrected chi connectivity index (χ4v) is 2.41. The van der Waals surface area contributed by atoms with Gasteiger partial charge in [0.1, 0.15) is 5.54 Å². The van der Waals surface area contributed by atoms with Crippen molar-refractivity contribution in [2.45, 2.75) is 58.0 Å². The number of hydrogen-bond donors (Lipinski definition) is 1. The average molecular weight is 256 g/mol. The molecule has 4 heteroatoms. The van der Waals surface area contributed by atoms with Crippen LogP contribution >= 0.6 is 0 Å². The van der Waals surface area contributed by atoms with Crippen LogP contribution in [0.4, 0.5) is 0 Å². The van der Waals surface area contributed by atoms with Gasteiger partial charge >= 0.3 is 5.97 Å². The Hall–Kier alpha value is -0.610.